The maximum Gasteiger partial charge on any atom is 0.264 e. The van der Waals surface area contributed by atoms with Gasteiger partial charge in [0.05, 0.1) is 15.6 Å². The molecule has 6 nitrogen and oxygen atoms in total. The summed E-state index contributed by atoms with van der Waals surface area (Å²) in [5.74, 6) is -0.181. The zero-order valence-corrected chi connectivity index (χ0v) is 20.2. The van der Waals surface area contributed by atoms with E-state index in [1.807, 2.05) is 31.2 Å². The number of fused-ring (bicyclic) bond motifs is 1. The second kappa shape index (κ2) is 9.63. The van der Waals surface area contributed by atoms with E-state index in [-0.39, 0.29) is 22.3 Å². The number of nitrogens with zero attached hydrogens (tertiary/aromatic N) is 1. The molecular weight excluding hydrogens is 483 g/mol. The van der Waals surface area contributed by atoms with Crippen molar-refractivity contribution in [3.63, 3.8) is 0 Å². The van der Waals surface area contributed by atoms with Crippen molar-refractivity contribution in [3.8, 4) is 5.75 Å². The minimum atomic E-state index is -3.79. The molecule has 172 valence electrons. The molecule has 0 aromatic heterocycles. The van der Waals surface area contributed by atoms with Gasteiger partial charge in [-0.3, -0.25) is 9.10 Å². The quantitative estimate of drug-likeness (QED) is 0.483. The van der Waals surface area contributed by atoms with Crippen LogP contribution in [0.25, 0.3) is 0 Å². The van der Waals surface area contributed by atoms with Crippen LogP contribution < -0.4 is 14.4 Å². The molecule has 33 heavy (non-hydrogen) atoms. The van der Waals surface area contributed by atoms with Crippen molar-refractivity contribution in [2.24, 2.45) is 0 Å². The van der Waals surface area contributed by atoms with Gasteiger partial charge in [-0.1, -0.05) is 47.5 Å². The standard InChI is InChI=1S/C24H22Cl2N2O4S/c1-16-8-9-18(13-20(16)25)27-24(29)15-32-23-11-10-19(14-21(23)26)33(30,31)28-12-4-6-17-5-2-3-7-22(17)28/h2-3,5,7-11,13-14H,4,6,12,15H2,1H3,(H,27,29). The van der Waals surface area contributed by atoms with Crippen molar-refractivity contribution in [2.75, 3.05) is 22.8 Å². The summed E-state index contributed by atoms with van der Waals surface area (Å²) in [4.78, 5) is 12.3. The predicted molar refractivity (Wildman–Crippen MR) is 131 cm³/mol. The highest BCUT2D eigenvalue weighted by Gasteiger charge is 2.29. The summed E-state index contributed by atoms with van der Waals surface area (Å²) in [6.07, 6.45) is 1.58. The first kappa shape index (κ1) is 23.4. The Kier molecular flexibility index (Phi) is 6.83. The molecule has 0 spiro atoms. The van der Waals surface area contributed by atoms with E-state index < -0.39 is 15.9 Å². The van der Waals surface area contributed by atoms with E-state index in [2.05, 4.69) is 5.32 Å². The number of sulfonamides is 1. The van der Waals surface area contributed by atoms with Gasteiger partial charge in [-0.05, 0) is 67.3 Å². The molecule has 0 aliphatic carbocycles. The predicted octanol–water partition coefficient (Wildman–Crippen LogP) is 5.46. The summed E-state index contributed by atoms with van der Waals surface area (Å²) < 4.78 is 33.5. The van der Waals surface area contributed by atoms with Gasteiger partial charge in [-0.25, -0.2) is 8.42 Å². The van der Waals surface area contributed by atoms with Crippen molar-refractivity contribution in [1.29, 1.82) is 0 Å². The number of hydrogen-bond acceptors (Lipinski definition) is 4. The van der Waals surface area contributed by atoms with Crippen LogP contribution in [-0.2, 0) is 21.2 Å². The molecule has 4 rings (SSSR count). The van der Waals surface area contributed by atoms with Crippen LogP contribution in [0.4, 0.5) is 11.4 Å². The number of para-hydroxylation sites is 1. The molecule has 1 aliphatic rings. The van der Waals surface area contributed by atoms with E-state index in [0.29, 0.717) is 22.9 Å². The third-order valence-electron chi connectivity index (χ3n) is 5.37. The first-order valence-corrected chi connectivity index (χ1v) is 12.5. The zero-order chi connectivity index (χ0) is 23.6. The van der Waals surface area contributed by atoms with Gasteiger partial charge in [-0.2, -0.15) is 0 Å². The van der Waals surface area contributed by atoms with Crippen LogP contribution in [0.3, 0.4) is 0 Å². The smallest absolute Gasteiger partial charge is 0.264 e. The van der Waals surface area contributed by atoms with E-state index in [4.69, 9.17) is 27.9 Å². The highest BCUT2D eigenvalue weighted by Crippen LogP contribution is 2.34. The monoisotopic (exact) mass is 504 g/mol. The average molecular weight is 505 g/mol. The van der Waals surface area contributed by atoms with Gasteiger partial charge < -0.3 is 10.1 Å². The third kappa shape index (κ3) is 5.11. The van der Waals surface area contributed by atoms with Crippen LogP contribution in [-0.4, -0.2) is 27.5 Å². The van der Waals surface area contributed by atoms with Crippen LogP contribution in [0, 0.1) is 6.92 Å². The van der Waals surface area contributed by atoms with Crippen molar-refractivity contribution < 1.29 is 17.9 Å². The number of aryl methyl sites for hydroxylation is 2. The van der Waals surface area contributed by atoms with Gasteiger partial charge >= 0.3 is 0 Å². The molecule has 0 bridgehead atoms. The van der Waals surface area contributed by atoms with Gasteiger partial charge in [0.15, 0.2) is 6.61 Å². The molecule has 1 amide bonds. The molecule has 3 aromatic carbocycles. The third-order valence-corrected chi connectivity index (χ3v) is 7.89. The first-order valence-electron chi connectivity index (χ1n) is 10.3. The van der Waals surface area contributed by atoms with E-state index in [1.54, 1.807) is 18.2 Å². The summed E-state index contributed by atoms with van der Waals surface area (Å²) in [5.41, 5.74) is 3.14. The number of amides is 1. The summed E-state index contributed by atoms with van der Waals surface area (Å²) in [5, 5.41) is 3.34. The van der Waals surface area contributed by atoms with E-state index in [1.165, 1.54) is 22.5 Å². The summed E-state index contributed by atoms with van der Waals surface area (Å²) in [6, 6.07) is 16.9. The van der Waals surface area contributed by atoms with Gasteiger partial charge in [0.1, 0.15) is 5.75 Å². The molecule has 0 atom stereocenters. The van der Waals surface area contributed by atoms with Gasteiger partial charge in [0.2, 0.25) is 0 Å². The number of benzene rings is 3. The molecule has 0 unspecified atom stereocenters. The van der Waals surface area contributed by atoms with Crippen LogP contribution in [0.5, 0.6) is 5.75 Å². The van der Waals surface area contributed by atoms with Crippen molar-refractivity contribution >= 4 is 50.5 Å². The fourth-order valence-corrected chi connectivity index (χ4v) is 5.69. The van der Waals surface area contributed by atoms with E-state index in [0.717, 1.165) is 24.0 Å². The highest BCUT2D eigenvalue weighted by atomic mass is 35.5. The number of halogens is 2. The molecule has 0 saturated heterocycles. The Labute approximate surface area is 203 Å². The number of carbonyl (C=O) groups excluding carboxylic acids is 1. The maximum atomic E-state index is 13.3. The molecule has 0 fully saturated rings. The van der Waals surface area contributed by atoms with Gasteiger partial charge in [0, 0.05) is 17.3 Å². The largest absolute Gasteiger partial charge is 0.482 e. The van der Waals surface area contributed by atoms with E-state index in [9.17, 15) is 13.2 Å². The van der Waals surface area contributed by atoms with Crippen LogP contribution in [0.2, 0.25) is 10.0 Å². The molecule has 0 radical (unpaired) electrons. The van der Waals surface area contributed by atoms with E-state index >= 15 is 0 Å². The lowest BCUT2D eigenvalue weighted by Crippen LogP contribution is -2.35. The Morgan fingerprint density at radius 3 is 2.61 bits per heavy atom. The van der Waals surface area contributed by atoms with Gasteiger partial charge in [-0.15, -0.1) is 0 Å². The first-order chi connectivity index (χ1) is 15.8. The van der Waals surface area contributed by atoms with Crippen LogP contribution in [0.1, 0.15) is 17.5 Å². The lowest BCUT2D eigenvalue weighted by Gasteiger charge is -2.30. The number of anilines is 2. The lowest BCUT2D eigenvalue weighted by atomic mass is 10.0. The summed E-state index contributed by atoms with van der Waals surface area (Å²) in [6.45, 7) is 1.97. The number of carbonyl (C=O) groups is 1. The summed E-state index contributed by atoms with van der Waals surface area (Å²) >= 11 is 12.4. The summed E-state index contributed by atoms with van der Waals surface area (Å²) in [7, 11) is -3.79. The number of ether oxygens (including phenoxy) is 1. The van der Waals surface area contributed by atoms with Crippen molar-refractivity contribution in [2.45, 2.75) is 24.7 Å². The second-order valence-corrected chi connectivity index (χ2v) is 10.4. The lowest BCUT2D eigenvalue weighted by molar-refractivity contribution is -0.118. The molecule has 9 heteroatoms. The molecule has 3 aromatic rings. The maximum absolute atomic E-state index is 13.3. The molecule has 1 aliphatic heterocycles. The highest BCUT2D eigenvalue weighted by molar-refractivity contribution is 7.92. The second-order valence-electron chi connectivity index (χ2n) is 7.70. The Hall–Kier alpha value is -2.74. The minimum Gasteiger partial charge on any atom is -0.482 e. The van der Waals surface area contributed by atoms with Crippen molar-refractivity contribution in [3.05, 3.63) is 81.8 Å². The number of hydrogen-bond donors (Lipinski definition) is 1. The Morgan fingerprint density at radius 1 is 1.06 bits per heavy atom. The number of nitrogens with one attached hydrogen (secondary N) is 1. The Bertz CT molecular complexity index is 1310. The fourth-order valence-electron chi connectivity index (χ4n) is 3.65. The van der Waals surface area contributed by atoms with Crippen LogP contribution >= 0.6 is 23.2 Å². The Balaban J connectivity index is 1.46. The van der Waals surface area contributed by atoms with Crippen molar-refractivity contribution in [1.82, 2.24) is 0 Å². The van der Waals surface area contributed by atoms with Gasteiger partial charge in [0.25, 0.3) is 15.9 Å². The molecule has 1 N–H and O–H groups in total. The minimum absolute atomic E-state index is 0.0651. The molecule has 1 heterocycles. The topological polar surface area (TPSA) is 75.7 Å². The SMILES string of the molecule is Cc1ccc(NC(=O)COc2ccc(S(=O)(=O)N3CCCc4ccccc43)cc2Cl)cc1Cl. The molecule has 0 saturated carbocycles. The Morgan fingerprint density at radius 2 is 1.85 bits per heavy atom. The normalized spacial score (nSPS) is 13.4. The molecular formula is C24H22Cl2N2O4S. The fraction of sp³-hybridized carbons (Fsp3) is 0.208. The average Bonchev–Trinajstić information content (AvgIpc) is 2.80. The number of rotatable bonds is 6. The zero-order valence-electron chi connectivity index (χ0n) is 17.8. The van der Waals surface area contributed by atoms with Crippen LogP contribution in [0.15, 0.2) is 65.6 Å².